The number of thiophene rings is 1. The van der Waals surface area contributed by atoms with Gasteiger partial charge in [0.2, 0.25) is 5.91 Å². The third-order valence-electron chi connectivity index (χ3n) is 4.83. The molecule has 0 saturated carbocycles. The Morgan fingerprint density at radius 1 is 1.11 bits per heavy atom. The molecule has 0 fully saturated rings. The van der Waals surface area contributed by atoms with Crippen molar-refractivity contribution in [3.8, 4) is 11.8 Å². The molecule has 1 unspecified atom stereocenters. The Labute approximate surface area is 173 Å². The highest BCUT2D eigenvalue weighted by molar-refractivity contribution is 7.08. The summed E-state index contributed by atoms with van der Waals surface area (Å²) in [5, 5.41) is 4.59. The van der Waals surface area contributed by atoms with E-state index in [-0.39, 0.29) is 5.91 Å². The number of nitrogens with two attached hydrogens (primary N) is 1. The van der Waals surface area contributed by atoms with Crippen LogP contribution in [0.15, 0.2) is 59.3 Å². The molecule has 3 nitrogen and oxygen atoms in total. The van der Waals surface area contributed by atoms with E-state index in [0.717, 1.165) is 16.7 Å². The Hall–Kier alpha value is -2.58. The number of carbonyl (C=O) groups is 1. The first-order valence-corrected chi connectivity index (χ1v) is 10.4. The fourth-order valence-corrected chi connectivity index (χ4v) is 4.16. The normalized spacial score (nSPS) is 13.6. The number of nitrogens with zero attached hydrogens (tertiary/aromatic N) is 1. The highest BCUT2D eigenvalue weighted by Crippen LogP contribution is 2.24. The molecular weight excluding hydrogens is 388 g/mol. The molecule has 2 heterocycles. The van der Waals surface area contributed by atoms with Gasteiger partial charge in [0.05, 0.1) is 6.04 Å². The monoisotopic (exact) mass is 406 g/mol. The van der Waals surface area contributed by atoms with E-state index in [2.05, 4.69) is 24.0 Å². The predicted molar refractivity (Wildman–Crippen MR) is 114 cm³/mol. The van der Waals surface area contributed by atoms with Crippen LogP contribution in [0.3, 0.4) is 0 Å². The minimum absolute atomic E-state index is 0.0476. The third-order valence-corrected chi connectivity index (χ3v) is 5.87. The molecule has 4 rings (SSSR count). The van der Waals surface area contributed by atoms with E-state index in [0.29, 0.717) is 24.5 Å². The maximum Gasteiger partial charge on any atom is 0.240 e. The van der Waals surface area contributed by atoms with E-state index in [1.54, 1.807) is 11.3 Å². The van der Waals surface area contributed by atoms with E-state index in [4.69, 9.17) is 17.3 Å². The number of benzene rings is 2. The minimum Gasteiger partial charge on any atom is -0.333 e. The van der Waals surface area contributed by atoms with Crippen LogP contribution in [0.2, 0.25) is 5.02 Å². The summed E-state index contributed by atoms with van der Waals surface area (Å²) < 4.78 is 0. The highest BCUT2D eigenvalue weighted by Gasteiger charge is 2.27. The molecule has 1 aromatic heterocycles. The molecule has 0 spiro atoms. The van der Waals surface area contributed by atoms with Gasteiger partial charge in [0.1, 0.15) is 0 Å². The van der Waals surface area contributed by atoms with Crippen molar-refractivity contribution >= 4 is 28.8 Å². The molecular formula is C23H19ClN2OS. The van der Waals surface area contributed by atoms with Crippen LogP contribution in [0.1, 0.15) is 27.8 Å². The fourth-order valence-electron chi connectivity index (χ4n) is 3.32. The van der Waals surface area contributed by atoms with Gasteiger partial charge in [-0.3, -0.25) is 4.79 Å². The first-order chi connectivity index (χ1) is 13.6. The summed E-state index contributed by atoms with van der Waals surface area (Å²) in [6.45, 7) is 1.24. The summed E-state index contributed by atoms with van der Waals surface area (Å²) in [6, 6.07) is 15.1. The number of hydrogen-bond donors (Lipinski definition) is 1. The first-order valence-electron chi connectivity index (χ1n) is 9.04. The zero-order valence-electron chi connectivity index (χ0n) is 15.2. The quantitative estimate of drug-likeness (QED) is 0.662. The predicted octanol–water partition coefficient (Wildman–Crippen LogP) is 4.21. The Morgan fingerprint density at radius 2 is 1.82 bits per heavy atom. The molecule has 0 aliphatic carbocycles. The SMILES string of the molecule is NC(Cc1ccc(C#Cc2ccsc2)cc1Cl)C(=O)N1Cc2ccccc2C1. The average Bonchev–Trinajstić information content (AvgIpc) is 3.37. The van der Waals surface area contributed by atoms with Gasteiger partial charge in [-0.05, 0) is 46.7 Å². The molecule has 5 heteroatoms. The van der Waals surface area contributed by atoms with Crippen LogP contribution in [0, 0.1) is 11.8 Å². The van der Waals surface area contributed by atoms with Crippen LogP contribution in [-0.2, 0) is 24.3 Å². The van der Waals surface area contributed by atoms with Crippen LogP contribution in [-0.4, -0.2) is 16.8 Å². The summed E-state index contributed by atoms with van der Waals surface area (Å²) >= 11 is 8.04. The third kappa shape index (κ3) is 4.13. The van der Waals surface area contributed by atoms with Crippen LogP contribution in [0.5, 0.6) is 0 Å². The van der Waals surface area contributed by atoms with Crippen molar-refractivity contribution in [2.75, 3.05) is 0 Å². The lowest BCUT2D eigenvalue weighted by Crippen LogP contribution is -2.42. The summed E-state index contributed by atoms with van der Waals surface area (Å²) in [5.74, 6) is 6.17. The van der Waals surface area contributed by atoms with Crippen molar-refractivity contribution in [2.45, 2.75) is 25.6 Å². The second-order valence-corrected chi connectivity index (χ2v) is 8.03. The molecule has 2 N–H and O–H groups in total. The molecule has 0 radical (unpaired) electrons. The smallest absolute Gasteiger partial charge is 0.240 e. The molecule has 1 aliphatic heterocycles. The van der Waals surface area contributed by atoms with Gasteiger partial charge in [-0.25, -0.2) is 0 Å². The lowest BCUT2D eigenvalue weighted by molar-refractivity contribution is -0.133. The molecule has 0 bridgehead atoms. The average molecular weight is 407 g/mol. The van der Waals surface area contributed by atoms with E-state index in [1.165, 1.54) is 11.1 Å². The van der Waals surface area contributed by atoms with Crippen LogP contribution < -0.4 is 5.73 Å². The van der Waals surface area contributed by atoms with Gasteiger partial charge in [0, 0.05) is 34.6 Å². The summed E-state index contributed by atoms with van der Waals surface area (Å²) in [5.41, 5.74) is 11.3. The Bertz CT molecular complexity index is 1040. The summed E-state index contributed by atoms with van der Waals surface area (Å²) in [4.78, 5) is 14.6. The molecule has 0 saturated heterocycles. The number of fused-ring (bicyclic) bond motifs is 1. The van der Waals surface area contributed by atoms with Crippen molar-refractivity contribution in [3.05, 3.63) is 92.1 Å². The molecule has 1 aliphatic rings. The minimum atomic E-state index is -0.616. The van der Waals surface area contributed by atoms with Gasteiger partial charge in [-0.1, -0.05) is 53.8 Å². The second kappa shape index (κ2) is 8.20. The number of hydrogen-bond acceptors (Lipinski definition) is 3. The Balaban J connectivity index is 1.42. The van der Waals surface area contributed by atoms with Crippen molar-refractivity contribution in [2.24, 2.45) is 5.73 Å². The van der Waals surface area contributed by atoms with Crippen LogP contribution in [0.25, 0.3) is 0 Å². The maximum absolute atomic E-state index is 12.8. The Morgan fingerprint density at radius 3 is 2.46 bits per heavy atom. The first kappa shape index (κ1) is 18.8. The lowest BCUT2D eigenvalue weighted by Gasteiger charge is -2.20. The molecule has 1 atom stereocenters. The zero-order valence-corrected chi connectivity index (χ0v) is 16.8. The molecule has 2 aromatic carbocycles. The maximum atomic E-state index is 12.8. The highest BCUT2D eigenvalue weighted by atomic mass is 35.5. The topological polar surface area (TPSA) is 46.3 Å². The van der Waals surface area contributed by atoms with Gasteiger partial charge in [-0.2, -0.15) is 11.3 Å². The van der Waals surface area contributed by atoms with Gasteiger partial charge >= 0.3 is 0 Å². The van der Waals surface area contributed by atoms with E-state index in [9.17, 15) is 4.79 Å². The number of amides is 1. The molecule has 3 aromatic rings. The van der Waals surface area contributed by atoms with Gasteiger partial charge in [0.25, 0.3) is 0 Å². The zero-order chi connectivity index (χ0) is 19.5. The number of halogens is 1. The van der Waals surface area contributed by atoms with E-state index >= 15 is 0 Å². The largest absolute Gasteiger partial charge is 0.333 e. The van der Waals surface area contributed by atoms with Crippen molar-refractivity contribution in [3.63, 3.8) is 0 Å². The lowest BCUT2D eigenvalue weighted by atomic mass is 10.0. The number of rotatable bonds is 3. The van der Waals surface area contributed by atoms with Gasteiger partial charge in [0.15, 0.2) is 0 Å². The van der Waals surface area contributed by atoms with Crippen molar-refractivity contribution in [1.82, 2.24) is 4.90 Å². The van der Waals surface area contributed by atoms with Gasteiger partial charge in [-0.15, -0.1) is 0 Å². The van der Waals surface area contributed by atoms with Gasteiger partial charge < -0.3 is 10.6 Å². The second-order valence-electron chi connectivity index (χ2n) is 6.84. The summed E-state index contributed by atoms with van der Waals surface area (Å²) in [6.07, 6.45) is 0.406. The van der Waals surface area contributed by atoms with E-state index in [1.807, 2.05) is 52.1 Å². The number of carbonyl (C=O) groups excluding carboxylic acids is 1. The molecule has 140 valence electrons. The standard InChI is InChI=1S/C23H19ClN2OS/c24-21-11-16(5-6-17-9-10-28-15-17)7-8-18(21)12-22(25)23(27)26-13-19-3-1-2-4-20(19)14-26/h1-4,7-11,15,22H,12-14,25H2. The molecule has 1 amide bonds. The molecule has 28 heavy (non-hydrogen) atoms. The van der Waals surface area contributed by atoms with Crippen molar-refractivity contribution in [1.29, 1.82) is 0 Å². The van der Waals surface area contributed by atoms with Crippen LogP contribution in [0.4, 0.5) is 0 Å². The summed E-state index contributed by atoms with van der Waals surface area (Å²) in [7, 11) is 0. The van der Waals surface area contributed by atoms with Crippen LogP contribution >= 0.6 is 22.9 Å². The van der Waals surface area contributed by atoms with E-state index < -0.39 is 6.04 Å². The van der Waals surface area contributed by atoms with Crippen molar-refractivity contribution < 1.29 is 4.79 Å². The fraction of sp³-hybridized carbons (Fsp3) is 0.174. The Kier molecular flexibility index (Phi) is 5.50.